The van der Waals surface area contributed by atoms with Gasteiger partial charge in [-0.15, -0.1) is 15.0 Å². The first-order valence-electron chi connectivity index (χ1n) is 7.95. The smallest absolute Gasteiger partial charge is 0.223 e. The van der Waals surface area contributed by atoms with Crippen molar-refractivity contribution in [1.82, 2.24) is 25.2 Å². The average molecular weight is 347 g/mol. The molecule has 4 rings (SSSR count). The first kappa shape index (κ1) is 16.0. The van der Waals surface area contributed by atoms with Crippen molar-refractivity contribution in [2.24, 2.45) is 0 Å². The summed E-state index contributed by atoms with van der Waals surface area (Å²) in [5, 5.41) is 21.6. The van der Waals surface area contributed by atoms with Gasteiger partial charge < -0.3 is 5.11 Å². The molecular formula is C19H14FN5O. The van der Waals surface area contributed by atoms with Gasteiger partial charge in [0.2, 0.25) is 5.82 Å². The molecule has 0 atom stereocenters. The van der Waals surface area contributed by atoms with Crippen molar-refractivity contribution in [2.45, 2.75) is 6.61 Å². The van der Waals surface area contributed by atoms with Gasteiger partial charge in [0, 0.05) is 12.3 Å². The number of aromatic nitrogens is 5. The lowest BCUT2D eigenvalue weighted by Gasteiger charge is -2.07. The zero-order valence-electron chi connectivity index (χ0n) is 13.6. The van der Waals surface area contributed by atoms with E-state index in [4.69, 9.17) is 0 Å². The van der Waals surface area contributed by atoms with Crippen molar-refractivity contribution >= 4 is 0 Å². The van der Waals surface area contributed by atoms with Crippen LogP contribution in [0.4, 0.5) is 4.39 Å². The molecule has 26 heavy (non-hydrogen) atoms. The quantitative estimate of drug-likeness (QED) is 0.614. The monoisotopic (exact) mass is 347 g/mol. The molecular weight excluding hydrogens is 333 g/mol. The normalized spacial score (nSPS) is 10.8. The van der Waals surface area contributed by atoms with Crippen LogP contribution in [0.1, 0.15) is 5.56 Å². The van der Waals surface area contributed by atoms with Gasteiger partial charge in [-0.3, -0.25) is 4.98 Å². The molecule has 1 N–H and O–H groups in total. The number of hydrogen-bond donors (Lipinski definition) is 1. The molecule has 2 aromatic heterocycles. The topological polar surface area (TPSA) is 76.7 Å². The van der Waals surface area contributed by atoms with Gasteiger partial charge in [-0.05, 0) is 52.2 Å². The number of tetrazole rings is 1. The lowest BCUT2D eigenvalue weighted by molar-refractivity contribution is 0.282. The number of halogens is 1. The average Bonchev–Trinajstić information content (AvgIpc) is 3.18. The molecule has 0 aliphatic rings. The Hall–Kier alpha value is -3.45. The van der Waals surface area contributed by atoms with Crippen molar-refractivity contribution < 1.29 is 9.50 Å². The first-order valence-corrected chi connectivity index (χ1v) is 7.95. The molecule has 0 saturated carbocycles. The number of benzene rings is 2. The van der Waals surface area contributed by atoms with E-state index in [9.17, 15) is 9.50 Å². The Morgan fingerprint density at radius 2 is 1.88 bits per heavy atom. The highest BCUT2D eigenvalue weighted by atomic mass is 19.1. The van der Waals surface area contributed by atoms with E-state index < -0.39 is 5.82 Å². The lowest BCUT2D eigenvalue weighted by atomic mass is 10.0. The van der Waals surface area contributed by atoms with Crippen molar-refractivity contribution in [1.29, 1.82) is 0 Å². The summed E-state index contributed by atoms with van der Waals surface area (Å²) in [7, 11) is 0. The largest absolute Gasteiger partial charge is 0.392 e. The van der Waals surface area contributed by atoms with Gasteiger partial charge in [0.15, 0.2) is 0 Å². The summed E-state index contributed by atoms with van der Waals surface area (Å²) in [6.07, 6.45) is 1.64. The third-order valence-corrected chi connectivity index (χ3v) is 3.86. The van der Waals surface area contributed by atoms with Crippen LogP contribution in [0.2, 0.25) is 0 Å². The van der Waals surface area contributed by atoms with E-state index in [1.54, 1.807) is 24.4 Å². The number of nitrogens with zero attached hydrogens (tertiary/aromatic N) is 5. The van der Waals surface area contributed by atoms with Crippen LogP contribution in [0.15, 0.2) is 66.9 Å². The highest BCUT2D eigenvalue weighted by molar-refractivity contribution is 5.66. The third-order valence-electron chi connectivity index (χ3n) is 3.86. The molecule has 0 bridgehead atoms. The maximum absolute atomic E-state index is 14.2. The minimum Gasteiger partial charge on any atom is -0.392 e. The van der Waals surface area contributed by atoms with Crippen LogP contribution in [0.5, 0.6) is 0 Å². The van der Waals surface area contributed by atoms with Gasteiger partial charge in [0.25, 0.3) is 0 Å². The molecule has 4 aromatic rings. The van der Waals surface area contributed by atoms with E-state index in [-0.39, 0.29) is 6.61 Å². The van der Waals surface area contributed by atoms with E-state index in [1.165, 1.54) is 16.9 Å². The molecule has 0 amide bonds. The maximum atomic E-state index is 14.2. The van der Waals surface area contributed by atoms with Crippen LogP contribution < -0.4 is 0 Å². The summed E-state index contributed by atoms with van der Waals surface area (Å²) in [6.45, 7) is -0.0753. The Morgan fingerprint density at radius 1 is 0.962 bits per heavy atom. The molecule has 0 saturated heterocycles. The van der Waals surface area contributed by atoms with Crippen LogP contribution in [-0.2, 0) is 6.61 Å². The Morgan fingerprint density at radius 3 is 2.69 bits per heavy atom. The Bertz CT molecular complexity index is 1050. The molecule has 2 heterocycles. The number of aliphatic hydroxyl groups excluding tert-OH is 1. The standard InChI is InChI=1S/C19H14FN5O/c20-16-9-15(14-5-3-4-13(8-14)12-26)10-17(11-16)25-23-19(22-24-25)18-6-1-2-7-21-18/h1-11,26H,12H2. The van der Waals surface area contributed by atoms with Gasteiger partial charge in [0.05, 0.1) is 12.3 Å². The lowest BCUT2D eigenvalue weighted by Crippen LogP contribution is -2.00. The first-order chi connectivity index (χ1) is 12.7. The summed E-state index contributed by atoms with van der Waals surface area (Å²) in [5.41, 5.74) is 3.24. The Labute approximate surface area is 148 Å². The SMILES string of the molecule is OCc1cccc(-c2cc(F)cc(-n3nnc(-c4ccccn4)n3)c2)c1. The molecule has 6 nitrogen and oxygen atoms in total. The van der Waals surface area contributed by atoms with E-state index in [2.05, 4.69) is 20.4 Å². The van der Waals surface area contributed by atoms with Crippen molar-refractivity contribution in [2.75, 3.05) is 0 Å². The van der Waals surface area contributed by atoms with E-state index >= 15 is 0 Å². The molecule has 128 valence electrons. The predicted octanol–water partition coefficient (Wildman–Crippen LogP) is 3.02. The van der Waals surface area contributed by atoms with Crippen LogP contribution in [0.25, 0.3) is 28.3 Å². The van der Waals surface area contributed by atoms with Crippen LogP contribution in [-0.4, -0.2) is 30.3 Å². The minimum absolute atomic E-state index is 0.0753. The van der Waals surface area contributed by atoms with Crippen molar-refractivity contribution in [3.63, 3.8) is 0 Å². The minimum atomic E-state index is -0.413. The molecule has 0 spiro atoms. The van der Waals surface area contributed by atoms with E-state index in [0.717, 1.165) is 11.1 Å². The second-order valence-electron chi connectivity index (χ2n) is 5.67. The number of pyridine rings is 1. The fraction of sp³-hybridized carbons (Fsp3) is 0.0526. The predicted molar refractivity (Wildman–Crippen MR) is 93.7 cm³/mol. The van der Waals surface area contributed by atoms with Crippen molar-refractivity contribution in [3.8, 4) is 28.3 Å². The zero-order chi connectivity index (χ0) is 17.9. The van der Waals surface area contributed by atoms with Gasteiger partial charge in [0.1, 0.15) is 11.5 Å². The Balaban J connectivity index is 1.74. The van der Waals surface area contributed by atoms with Gasteiger partial charge in [-0.1, -0.05) is 24.3 Å². The van der Waals surface area contributed by atoms with E-state index in [1.807, 2.05) is 30.3 Å². The summed E-state index contributed by atoms with van der Waals surface area (Å²) in [4.78, 5) is 5.45. The number of aliphatic hydroxyl groups is 1. The summed E-state index contributed by atoms with van der Waals surface area (Å²) in [5.74, 6) is -0.0534. The summed E-state index contributed by atoms with van der Waals surface area (Å²) in [6, 6.07) is 17.2. The zero-order valence-corrected chi connectivity index (χ0v) is 13.6. The molecule has 0 fully saturated rings. The fourth-order valence-electron chi connectivity index (χ4n) is 2.63. The second-order valence-corrected chi connectivity index (χ2v) is 5.67. The molecule has 2 aromatic carbocycles. The fourth-order valence-corrected chi connectivity index (χ4v) is 2.63. The van der Waals surface area contributed by atoms with Gasteiger partial charge in [-0.2, -0.15) is 0 Å². The van der Waals surface area contributed by atoms with Gasteiger partial charge >= 0.3 is 0 Å². The summed E-state index contributed by atoms with van der Waals surface area (Å²) < 4.78 is 14.2. The van der Waals surface area contributed by atoms with Crippen LogP contribution >= 0.6 is 0 Å². The highest BCUT2D eigenvalue weighted by Crippen LogP contribution is 2.24. The number of hydrogen-bond acceptors (Lipinski definition) is 5. The Kier molecular flexibility index (Phi) is 4.20. The van der Waals surface area contributed by atoms with Crippen molar-refractivity contribution in [3.05, 3.63) is 78.2 Å². The van der Waals surface area contributed by atoms with Crippen LogP contribution in [0.3, 0.4) is 0 Å². The molecule has 0 radical (unpaired) electrons. The second kappa shape index (κ2) is 6.81. The summed E-state index contributed by atoms with van der Waals surface area (Å²) >= 11 is 0. The molecule has 7 heteroatoms. The van der Waals surface area contributed by atoms with Gasteiger partial charge in [-0.25, -0.2) is 4.39 Å². The van der Waals surface area contributed by atoms with E-state index in [0.29, 0.717) is 22.8 Å². The number of rotatable bonds is 4. The van der Waals surface area contributed by atoms with Crippen LogP contribution in [0, 0.1) is 5.82 Å². The molecule has 0 aliphatic heterocycles. The molecule has 0 aliphatic carbocycles. The molecule has 0 unspecified atom stereocenters. The maximum Gasteiger partial charge on any atom is 0.223 e. The highest BCUT2D eigenvalue weighted by Gasteiger charge is 2.11. The third kappa shape index (κ3) is 3.20.